The molecule has 0 N–H and O–H groups in total. The smallest absolute Gasteiger partial charge is 0.109 e. The number of hydrogen-bond acceptors (Lipinski definition) is 2. The van der Waals surface area contributed by atoms with Crippen LogP contribution in [-0.2, 0) is 4.45 Å². The zero-order valence-corrected chi connectivity index (χ0v) is 10.2. The molecule has 1 fully saturated rings. The molecule has 0 spiro atoms. The molecule has 2 rings (SSSR count). The molecule has 72 valence electrons. The Morgan fingerprint density at radius 2 is 2.15 bits per heavy atom. The molecule has 1 saturated heterocycles. The SMILES string of the molecule is CC(Br)(c1cccs1)N1CCCC1. The van der Waals surface area contributed by atoms with Crippen LogP contribution in [0, 0.1) is 0 Å². The van der Waals surface area contributed by atoms with Crippen molar-refractivity contribution in [3.05, 3.63) is 22.4 Å². The molecule has 1 aliphatic rings. The molecule has 1 nitrogen and oxygen atoms in total. The Labute approximate surface area is 91.9 Å². The summed E-state index contributed by atoms with van der Waals surface area (Å²) in [6, 6.07) is 4.33. The highest BCUT2D eigenvalue weighted by molar-refractivity contribution is 9.09. The lowest BCUT2D eigenvalue weighted by atomic mass is 10.2. The highest BCUT2D eigenvalue weighted by atomic mass is 79.9. The molecular weight excluding hydrogens is 246 g/mol. The highest BCUT2D eigenvalue weighted by Gasteiger charge is 2.33. The molecule has 0 radical (unpaired) electrons. The van der Waals surface area contributed by atoms with E-state index in [2.05, 4.69) is 45.3 Å². The van der Waals surface area contributed by atoms with E-state index < -0.39 is 0 Å². The first kappa shape index (κ1) is 9.69. The van der Waals surface area contributed by atoms with Gasteiger partial charge in [-0.25, -0.2) is 0 Å². The van der Waals surface area contributed by atoms with Crippen LogP contribution in [0.2, 0.25) is 0 Å². The minimum absolute atomic E-state index is 0.0671. The largest absolute Gasteiger partial charge is 0.284 e. The third kappa shape index (κ3) is 1.83. The summed E-state index contributed by atoms with van der Waals surface area (Å²) in [5, 5.41) is 2.14. The molecule has 1 unspecified atom stereocenters. The van der Waals surface area contributed by atoms with Gasteiger partial charge in [-0.1, -0.05) is 22.0 Å². The van der Waals surface area contributed by atoms with Gasteiger partial charge in [0.25, 0.3) is 0 Å². The van der Waals surface area contributed by atoms with E-state index in [4.69, 9.17) is 0 Å². The first-order valence-electron chi connectivity index (χ1n) is 4.69. The van der Waals surface area contributed by atoms with Crippen molar-refractivity contribution in [2.45, 2.75) is 24.2 Å². The van der Waals surface area contributed by atoms with Crippen molar-refractivity contribution >= 4 is 27.3 Å². The normalized spacial score (nSPS) is 23.2. The summed E-state index contributed by atoms with van der Waals surface area (Å²) in [6.45, 7) is 4.70. The summed E-state index contributed by atoms with van der Waals surface area (Å²) < 4.78 is 0.0671. The van der Waals surface area contributed by atoms with Crippen LogP contribution < -0.4 is 0 Å². The first-order valence-corrected chi connectivity index (χ1v) is 6.36. The lowest BCUT2D eigenvalue weighted by molar-refractivity contribution is 0.240. The van der Waals surface area contributed by atoms with E-state index in [9.17, 15) is 0 Å². The van der Waals surface area contributed by atoms with Crippen LogP contribution in [0.15, 0.2) is 17.5 Å². The van der Waals surface area contributed by atoms with Crippen LogP contribution in [0.3, 0.4) is 0 Å². The Bertz CT molecular complexity index is 262. The molecule has 0 aromatic carbocycles. The topological polar surface area (TPSA) is 3.24 Å². The van der Waals surface area contributed by atoms with Crippen LogP contribution in [-0.4, -0.2) is 18.0 Å². The van der Waals surface area contributed by atoms with Gasteiger partial charge in [0.2, 0.25) is 0 Å². The zero-order valence-electron chi connectivity index (χ0n) is 7.79. The van der Waals surface area contributed by atoms with Gasteiger partial charge in [0.05, 0.1) is 0 Å². The molecule has 1 aromatic rings. The molecule has 0 amide bonds. The molecule has 3 heteroatoms. The van der Waals surface area contributed by atoms with Gasteiger partial charge in [-0.05, 0) is 44.3 Å². The Balaban J connectivity index is 2.19. The third-order valence-corrected chi connectivity index (χ3v) is 4.94. The van der Waals surface area contributed by atoms with Crippen molar-refractivity contribution in [1.29, 1.82) is 0 Å². The Morgan fingerprint density at radius 1 is 1.46 bits per heavy atom. The lowest BCUT2D eigenvalue weighted by Gasteiger charge is -2.32. The van der Waals surface area contributed by atoms with E-state index in [1.807, 2.05) is 11.3 Å². The Kier molecular flexibility index (Phi) is 2.77. The van der Waals surface area contributed by atoms with Crippen LogP contribution >= 0.6 is 27.3 Å². The Morgan fingerprint density at radius 3 is 2.69 bits per heavy atom. The van der Waals surface area contributed by atoms with Gasteiger partial charge in [-0.3, -0.25) is 4.90 Å². The maximum Gasteiger partial charge on any atom is 0.109 e. The highest BCUT2D eigenvalue weighted by Crippen LogP contribution is 2.39. The summed E-state index contributed by atoms with van der Waals surface area (Å²) in [7, 11) is 0. The summed E-state index contributed by atoms with van der Waals surface area (Å²) in [5.74, 6) is 0. The maximum atomic E-state index is 3.83. The van der Waals surface area contributed by atoms with Gasteiger partial charge in [0.15, 0.2) is 0 Å². The van der Waals surface area contributed by atoms with E-state index in [1.165, 1.54) is 30.8 Å². The Hall–Kier alpha value is 0.140. The van der Waals surface area contributed by atoms with Crippen molar-refractivity contribution < 1.29 is 0 Å². The van der Waals surface area contributed by atoms with Gasteiger partial charge in [-0.15, -0.1) is 11.3 Å². The van der Waals surface area contributed by atoms with Crippen LogP contribution in [0.4, 0.5) is 0 Å². The van der Waals surface area contributed by atoms with E-state index in [0.29, 0.717) is 0 Å². The molecule has 1 aromatic heterocycles. The number of halogens is 1. The second-order valence-electron chi connectivity index (χ2n) is 3.62. The quantitative estimate of drug-likeness (QED) is 0.581. The van der Waals surface area contributed by atoms with Gasteiger partial charge >= 0.3 is 0 Å². The van der Waals surface area contributed by atoms with Gasteiger partial charge in [0, 0.05) is 4.88 Å². The van der Waals surface area contributed by atoms with E-state index in [1.54, 1.807) is 0 Å². The summed E-state index contributed by atoms with van der Waals surface area (Å²) in [6.07, 6.45) is 2.68. The molecule has 2 heterocycles. The van der Waals surface area contributed by atoms with Crippen molar-refractivity contribution in [2.24, 2.45) is 0 Å². The minimum Gasteiger partial charge on any atom is -0.284 e. The monoisotopic (exact) mass is 259 g/mol. The van der Waals surface area contributed by atoms with Gasteiger partial charge in [-0.2, -0.15) is 0 Å². The predicted molar refractivity (Wildman–Crippen MR) is 61.4 cm³/mol. The van der Waals surface area contributed by atoms with E-state index in [0.717, 1.165) is 0 Å². The number of rotatable bonds is 2. The fourth-order valence-corrected chi connectivity index (χ4v) is 3.40. The second kappa shape index (κ2) is 3.71. The number of hydrogen-bond donors (Lipinski definition) is 0. The van der Waals surface area contributed by atoms with Crippen molar-refractivity contribution in [2.75, 3.05) is 13.1 Å². The molecule has 0 bridgehead atoms. The van der Waals surface area contributed by atoms with Crippen LogP contribution in [0.1, 0.15) is 24.6 Å². The number of alkyl halides is 1. The van der Waals surface area contributed by atoms with Gasteiger partial charge in [0.1, 0.15) is 4.45 Å². The van der Waals surface area contributed by atoms with Crippen molar-refractivity contribution in [3.8, 4) is 0 Å². The average Bonchev–Trinajstić information content (AvgIpc) is 2.78. The second-order valence-corrected chi connectivity index (χ2v) is 6.12. The third-order valence-electron chi connectivity index (χ3n) is 2.67. The first-order chi connectivity index (χ1) is 6.21. The zero-order chi connectivity index (χ0) is 9.31. The number of nitrogens with zero attached hydrogens (tertiary/aromatic N) is 1. The molecule has 1 aliphatic heterocycles. The standard InChI is InChI=1S/C10H14BrNS/c1-10(11,9-5-4-8-13-9)12-6-2-3-7-12/h4-5,8H,2-3,6-7H2,1H3. The van der Waals surface area contributed by atoms with Gasteiger partial charge < -0.3 is 0 Å². The van der Waals surface area contributed by atoms with Crippen molar-refractivity contribution in [3.63, 3.8) is 0 Å². The predicted octanol–water partition coefficient (Wildman–Crippen LogP) is 3.41. The lowest BCUT2D eigenvalue weighted by Crippen LogP contribution is -2.35. The summed E-state index contributed by atoms with van der Waals surface area (Å²) in [4.78, 5) is 3.92. The number of likely N-dealkylation sites (tertiary alicyclic amines) is 1. The maximum absolute atomic E-state index is 3.83. The van der Waals surface area contributed by atoms with Crippen LogP contribution in [0.5, 0.6) is 0 Å². The summed E-state index contributed by atoms with van der Waals surface area (Å²) in [5.41, 5.74) is 0. The van der Waals surface area contributed by atoms with E-state index >= 15 is 0 Å². The minimum atomic E-state index is 0.0671. The number of thiophene rings is 1. The summed E-state index contributed by atoms with van der Waals surface area (Å²) >= 11 is 5.66. The van der Waals surface area contributed by atoms with Crippen LogP contribution in [0.25, 0.3) is 0 Å². The molecule has 1 atom stereocenters. The van der Waals surface area contributed by atoms with E-state index in [-0.39, 0.29) is 4.45 Å². The fraction of sp³-hybridized carbons (Fsp3) is 0.600. The fourth-order valence-electron chi connectivity index (χ4n) is 1.83. The molecule has 0 aliphatic carbocycles. The molecule has 13 heavy (non-hydrogen) atoms. The van der Waals surface area contributed by atoms with Crippen molar-refractivity contribution in [1.82, 2.24) is 4.90 Å². The average molecular weight is 260 g/mol. The molecular formula is C10H14BrNS. The molecule has 0 saturated carbocycles.